The molecule has 4 fully saturated rings. The number of fused-ring (bicyclic) bond motifs is 4. The van der Waals surface area contributed by atoms with Gasteiger partial charge in [0.05, 0.1) is 85.5 Å². The van der Waals surface area contributed by atoms with Crippen LogP contribution in [0.25, 0.3) is 0 Å². The zero-order chi connectivity index (χ0) is 86.3. The SMILES string of the molecule is C=C1C=C2C=C[C@H](C)[C@H](CC[C@@H]3C[C@@H](O)CC(=O)O3)[C@H]2[C@@H](OC(=O)[C@@H](C)CC)C1.CC(O)[C@H](C)C(=O)O[C@H]1C[C@@H](C)C=C2C=C[C@H](C)[C@H](CC[C@@H]3C[C@@H](O)CC(=O)O3)[C@H]21.CC[C@H](C)C(=O)O[C@H]1C[C@@H](C)C=C2C=C[C@H](C)[C@H](CC[C@@H]3C[C@@H](O)CC(=O)O3)[C@H]21.CC[C@H](C)C(=O)O[C@H]1C[C@](C)(O)C=C2C=C[C@H](C)[C@H](CC[C@@H]3C[C@@H](O)CC(=O)O3)[C@H]21. The van der Waals surface area contributed by atoms with E-state index in [4.69, 9.17) is 37.9 Å². The lowest BCUT2D eigenvalue weighted by atomic mass is 9.64. The molecule has 6 N–H and O–H groups in total. The standard InChI is InChI=1S/2C24H36O6.C24H36O5.C24H34O5/c1-13-9-17-6-5-14(2)20(8-7-19-11-18(26)12-22(27)29-19)23(17)21(10-13)30-24(28)15(3)16(4)25;1-5-14(2)23(27)30-20-13-24(4,28)12-16-7-6-15(3)19(22(16)20)9-8-18-10-17(25)11-21(26)29-18;2*1-5-15(3)24(27)29-21-11-14(2)10-17-7-6-16(4)20(23(17)21)9-8-19-12-18(25)13-22(26)28-19/h5-6,9,13-16,18-21,23,25-26H,7-8,10-12H2,1-4H3;6-7,12,14-15,17-20,22,25,28H,5,8-11,13H2,1-4H3;6-7,10,14-16,18-21,23,25H,5,8-9,11-13H2,1-4H3;6-7,10,15-16,18-21,23,25H,2,5,8-9,11-13H2,1,3-4H3/t13-,14-,15-,16?,18+,19+,20-,21-,23-;14-,15-,17+,18+,19-,20-,22-,24+;14-,15-,16-,18+,19+,20-,21-,23-;15-,16-,18+,19+,20-,21-,23-/m0000/s1. The van der Waals surface area contributed by atoms with Crippen molar-refractivity contribution in [2.24, 2.45) is 107 Å². The van der Waals surface area contributed by atoms with Crippen LogP contribution in [0.5, 0.6) is 0 Å². The Labute approximate surface area is 701 Å². The molecule has 0 aromatic carbocycles. The third-order valence-electron chi connectivity index (χ3n) is 27.6. The summed E-state index contributed by atoms with van der Waals surface area (Å²) >= 11 is 0. The van der Waals surface area contributed by atoms with Crippen LogP contribution >= 0.6 is 0 Å². The molecule has 32 atom stereocenters. The molecular formula is C96H142O22. The van der Waals surface area contributed by atoms with Gasteiger partial charge in [-0.15, -0.1) is 0 Å². The van der Waals surface area contributed by atoms with Crippen molar-refractivity contribution >= 4 is 47.8 Å². The van der Waals surface area contributed by atoms with E-state index in [2.05, 4.69) is 109 Å². The zero-order valence-corrected chi connectivity index (χ0v) is 73.0. The van der Waals surface area contributed by atoms with Gasteiger partial charge in [-0.1, -0.05) is 162 Å². The van der Waals surface area contributed by atoms with Crippen LogP contribution in [0.2, 0.25) is 0 Å². The summed E-state index contributed by atoms with van der Waals surface area (Å²) < 4.78 is 45.7. The van der Waals surface area contributed by atoms with Gasteiger partial charge >= 0.3 is 47.8 Å². The van der Waals surface area contributed by atoms with Crippen molar-refractivity contribution in [1.82, 2.24) is 0 Å². The van der Waals surface area contributed by atoms with Crippen molar-refractivity contribution in [2.75, 3.05) is 0 Å². The summed E-state index contributed by atoms with van der Waals surface area (Å²) in [4.78, 5) is 96.9. The molecule has 1 unspecified atom stereocenters. The molecule has 0 radical (unpaired) electrons. The van der Waals surface area contributed by atoms with Gasteiger partial charge in [-0.2, -0.15) is 0 Å². The summed E-state index contributed by atoms with van der Waals surface area (Å²) in [5.41, 5.74) is 4.63. The summed E-state index contributed by atoms with van der Waals surface area (Å²) in [5, 5.41) is 60.1. The predicted molar refractivity (Wildman–Crippen MR) is 446 cm³/mol. The monoisotopic (exact) mass is 1650 g/mol. The highest BCUT2D eigenvalue weighted by molar-refractivity contribution is 5.75. The minimum absolute atomic E-state index is 0.00227. The van der Waals surface area contributed by atoms with Gasteiger partial charge in [0.1, 0.15) is 48.8 Å². The van der Waals surface area contributed by atoms with E-state index in [9.17, 15) is 69.0 Å². The van der Waals surface area contributed by atoms with E-state index in [1.54, 1.807) is 20.8 Å². The number of esters is 8. The van der Waals surface area contributed by atoms with E-state index in [0.717, 1.165) is 68.9 Å². The van der Waals surface area contributed by atoms with Crippen LogP contribution in [-0.2, 0) is 76.3 Å². The molecule has 12 rings (SSSR count). The Morgan fingerprint density at radius 2 is 0.729 bits per heavy atom. The van der Waals surface area contributed by atoms with Gasteiger partial charge in [0.2, 0.25) is 0 Å². The van der Waals surface area contributed by atoms with Crippen molar-refractivity contribution in [2.45, 2.75) is 336 Å². The fraction of sp³-hybridized carbons (Fsp3) is 0.729. The van der Waals surface area contributed by atoms with Crippen molar-refractivity contribution in [3.63, 3.8) is 0 Å². The number of hydrogen-bond acceptors (Lipinski definition) is 22. The number of ether oxygens (including phenoxy) is 8. The minimum atomic E-state index is -1.02. The lowest BCUT2D eigenvalue weighted by Gasteiger charge is -2.45. The van der Waals surface area contributed by atoms with E-state index in [0.29, 0.717) is 99.7 Å². The molecule has 0 aromatic heterocycles. The molecular weight excluding hydrogens is 1510 g/mol. The highest BCUT2D eigenvalue weighted by atomic mass is 16.6. The first kappa shape index (κ1) is 95.0. The zero-order valence-electron chi connectivity index (χ0n) is 73.0. The summed E-state index contributed by atoms with van der Waals surface area (Å²) in [5.74, 6) is 0.364. The smallest absolute Gasteiger partial charge is 0.311 e. The Balaban J connectivity index is 0.000000179. The fourth-order valence-corrected chi connectivity index (χ4v) is 20.1. The molecule has 0 spiro atoms. The number of carbonyl (C=O) groups excluding carboxylic acids is 8. The number of aliphatic hydroxyl groups excluding tert-OH is 5. The first-order valence-corrected chi connectivity index (χ1v) is 44.8. The molecule has 0 amide bonds. The fourth-order valence-electron chi connectivity index (χ4n) is 20.1. The normalized spacial score (nSPS) is 37.8. The Morgan fingerprint density at radius 1 is 0.432 bits per heavy atom. The maximum Gasteiger partial charge on any atom is 0.311 e. The van der Waals surface area contributed by atoms with Crippen molar-refractivity contribution in [3.05, 3.63) is 107 Å². The summed E-state index contributed by atoms with van der Waals surface area (Å²) in [7, 11) is 0. The third-order valence-corrected chi connectivity index (χ3v) is 27.6. The molecule has 12 aliphatic rings. The van der Waals surface area contributed by atoms with Crippen LogP contribution in [0.15, 0.2) is 107 Å². The Kier molecular flexibility index (Phi) is 34.9. The van der Waals surface area contributed by atoms with Gasteiger partial charge < -0.3 is 68.5 Å². The molecule has 0 saturated carbocycles. The quantitative estimate of drug-likeness (QED) is 0.0386. The van der Waals surface area contributed by atoms with Gasteiger partial charge in [0.15, 0.2) is 0 Å². The first-order valence-electron chi connectivity index (χ1n) is 44.8. The number of rotatable bonds is 24. The average Bonchev–Trinajstić information content (AvgIpc) is 0.775. The molecule has 658 valence electrons. The van der Waals surface area contributed by atoms with Gasteiger partial charge in [0.25, 0.3) is 0 Å². The van der Waals surface area contributed by atoms with Crippen molar-refractivity contribution in [1.29, 1.82) is 0 Å². The predicted octanol–water partition coefficient (Wildman–Crippen LogP) is 14.8. The number of cyclic esters (lactones) is 4. The van der Waals surface area contributed by atoms with Crippen LogP contribution in [0.3, 0.4) is 0 Å². The summed E-state index contributed by atoms with van der Waals surface area (Å²) in [6.45, 7) is 33.9. The molecule has 0 bridgehead atoms. The van der Waals surface area contributed by atoms with Gasteiger partial charge in [-0.3, -0.25) is 38.4 Å². The molecule has 8 aliphatic carbocycles. The Morgan fingerprint density at radius 3 is 1.06 bits per heavy atom. The maximum atomic E-state index is 12.6. The summed E-state index contributed by atoms with van der Waals surface area (Å²) in [6, 6.07) is 0. The maximum absolute atomic E-state index is 12.6. The second kappa shape index (κ2) is 43.3. The van der Waals surface area contributed by atoms with Gasteiger partial charge in [-0.25, -0.2) is 0 Å². The highest BCUT2D eigenvalue weighted by Gasteiger charge is 2.49. The van der Waals surface area contributed by atoms with E-state index < -0.39 is 48.1 Å². The molecule has 118 heavy (non-hydrogen) atoms. The van der Waals surface area contributed by atoms with E-state index >= 15 is 0 Å². The summed E-state index contributed by atoms with van der Waals surface area (Å²) in [6.07, 6.45) is 34.2. The number of aliphatic hydroxyl groups is 6. The van der Waals surface area contributed by atoms with E-state index in [1.807, 2.05) is 53.7 Å². The second-order valence-corrected chi connectivity index (χ2v) is 37.6. The van der Waals surface area contributed by atoms with Crippen LogP contribution < -0.4 is 0 Å². The Bertz CT molecular complexity index is 3720. The van der Waals surface area contributed by atoms with Crippen LogP contribution in [0, 0.1) is 107 Å². The van der Waals surface area contributed by atoms with E-state index in [-0.39, 0.29) is 181 Å². The molecule has 22 nitrogen and oxygen atoms in total. The highest BCUT2D eigenvalue weighted by Crippen LogP contribution is 2.51. The third kappa shape index (κ3) is 26.1. The average molecular weight is 1650 g/mol. The molecule has 4 aliphatic heterocycles. The van der Waals surface area contributed by atoms with Gasteiger partial charge in [0, 0.05) is 62.2 Å². The molecule has 22 heteroatoms. The lowest BCUT2D eigenvalue weighted by Crippen LogP contribution is -2.46. The minimum Gasteiger partial charge on any atom is -0.462 e. The van der Waals surface area contributed by atoms with E-state index in [1.165, 1.54) is 16.7 Å². The van der Waals surface area contributed by atoms with Crippen LogP contribution in [0.4, 0.5) is 0 Å². The van der Waals surface area contributed by atoms with Crippen LogP contribution in [0.1, 0.15) is 252 Å². The molecule has 0 aromatic rings. The Hall–Kier alpha value is -6.82. The number of carbonyl (C=O) groups is 8. The number of allylic oxidation sites excluding steroid dienone is 11. The first-order chi connectivity index (χ1) is 55.8. The topological polar surface area (TPSA) is 332 Å². The number of hydrogen-bond donors (Lipinski definition) is 6. The largest absolute Gasteiger partial charge is 0.462 e. The second-order valence-electron chi connectivity index (χ2n) is 37.6. The molecule has 4 saturated heterocycles. The van der Waals surface area contributed by atoms with Crippen LogP contribution in [-0.4, -0.2) is 163 Å². The van der Waals surface area contributed by atoms with Crippen molar-refractivity contribution < 1.29 is 107 Å². The lowest BCUT2D eigenvalue weighted by molar-refractivity contribution is -0.164. The van der Waals surface area contributed by atoms with Gasteiger partial charge in [-0.05, 0) is 192 Å². The van der Waals surface area contributed by atoms with Crippen molar-refractivity contribution in [3.8, 4) is 0 Å². The molecule has 4 heterocycles.